The van der Waals surface area contributed by atoms with E-state index in [4.69, 9.17) is 9.84 Å². The van der Waals surface area contributed by atoms with Gasteiger partial charge in [0.1, 0.15) is 5.60 Å². The van der Waals surface area contributed by atoms with E-state index in [2.05, 4.69) is 5.32 Å². The van der Waals surface area contributed by atoms with E-state index in [9.17, 15) is 9.59 Å². The van der Waals surface area contributed by atoms with Crippen LogP contribution in [0.2, 0.25) is 0 Å². The number of hydrogen-bond acceptors (Lipinski definition) is 3. The van der Waals surface area contributed by atoms with Crippen LogP contribution in [0.1, 0.15) is 39.3 Å². The molecule has 0 radical (unpaired) electrons. The quantitative estimate of drug-likeness (QED) is 0.844. The van der Waals surface area contributed by atoms with Crippen LogP contribution < -0.4 is 5.32 Å². The summed E-state index contributed by atoms with van der Waals surface area (Å²) in [6.45, 7) is 5.36. The number of hydrogen-bond donors (Lipinski definition) is 2. The lowest BCUT2D eigenvalue weighted by molar-refractivity contribution is -0.137. The van der Waals surface area contributed by atoms with Gasteiger partial charge in [-0.2, -0.15) is 0 Å². The van der Waals surface area contributed by atoms with E-state index >= 15 is 0 Å². The molecule has 0 aliphatic rings. The third kappa shape index (κ3) is 6.83. The molecule has 0 aromatic carbocycles. The molecule has 0 spiro atoms. The Kier molecular flexibility index (Phi) is 5.81. The number of ether oxygens (including phenoxy) is 1. The molecule has 1 rings (SSSR count). The number of aliphatic carboxylic acids is 1. The molecule has 1 aromatic heterocycles. The van der Waals surface area contributed by atoms with Crippen LogP contribution in [0, 0.1) is 0 Å². The molecule has 1 heterocycles. The molecule has 0 aliphatic heterocycles. The Morgan fingerprint density at radius 3 is 2.57 bits per heavy atom. The Balaban J connectivity index is 2.66. The Morgan fingerprint density at radius 2 is 2.10 bits per heavy atom. The van der Waals surface area contributed by atoms with Crippen molar-refractivity contribution >= 4 is 12.1 Å². The zero-order valence-corrected chi connectivity index (χ0v) is 13.0. The van der Waals surface area contributed by atoms with Crippen LogP contribution in [-0.4, -0.2) is 33.4 Å². The number of carboxylic acids is 1. The van der Waals surface area contributed by atoms with E-state index in [1.165, 1.54) is 0 Å². The number of carbonyl (C=O) groups is 2. The lowest BCUT2D eigenvalue weighted by Crippen LogP contribution is -2.40. The maximum Gasteiger partial charge on any atom is 0.407 e. The smallest absolute Gasteiger partial charge is 0.407 e. The van der Waals surface area contributed by atoms with Crippen LogP contribution in [-0.2, 0) is 23.0 Å². The highest BCUT2D eigenvalue weighted by Gasteiger charge is 2.20. The molecule has 0 fully saturated rings. The number of carbonyl (C=O) groups excluding carboxylic acids is 1. The maximum atomic E-state index is 11.8. The van der Waals surface area contributed by atoms with E-state index in [1.54, 1.807) is 20.8 Å². The van der Waals surface area contributed by atoms with E-state index < -0.39 is 17.7 Å². The highest BCUT2D eigenvalue weighted by atomic mass is 16.6. The van der Waals surface area contributed by atoms with Gasteiger partial charge in [-0.3, -0.25) is 4.79 Å². The predicted molar refractivity (Wildman–Crippen MR) is 79.1 cm³/mol. The summed E-state index contributed by atoms with van der Waals surface area (Å²) in [7, 11) is 1.91. The van der Waals surface area contributed by atoms with E-state index in [-0.39, 0.29) is 12.5 Å². The minimum atomic E-state index is -0.877. The number of nitrogens with one attached hydrogen (secondary N) is 1. The van der Waals surface area contributed by atoms with E-state index in [0.29, 0.717) is 12.8 Å². The largest absolute Gasteiger partial charge is 0.481 e. The second-order valence-electron chi connectivity index (χ2n) is 6.09. The molecular weight excluding hydrogens is 272 g/mol. The molecule has 6 heteroatoms. The molecule has 1 unspecified atom stereocenters. The molecule has 6 nitrogen and oxygen atoms in total. The molecule has 1 aromatic rings. The molecule has 1 atom stereocenters. The van der Waals surface area contributed by atoms with E-state index in [1.807, 2.05) is 29.9 Å². The summed E-state index contributed by atoms with van der Waals surface area (Å²) in [5, 5.41) is 11.6. The molecule has 0 saturated carbocycles. The van der Waals surface area contributed by atoms with Crippen molar-refractivity contribution in [1.29, 1.82) is 0 Å². The first-order valence-electron chi connectivity index (χ1n) is 6.99. The summed E-state index contributed by atoms with van der Waals surface area (Å²) in [5.74, 6) is -0.877. The van der Waals surface area contributed by atoms with Gasteiger partial charge in [0.05, 0.1) is 0 Å². The topological polar surface area (TPSA) is 80.6 Å². The van der Waals surface area contributed by atoms with Crippen molar-refractivity contribution < 1.29 is 19.4 Å². The minimum absolute atomic E-state index is 0.00485. The Labute approximate surface area is 125 Å². The Bertz CT molecular complexity index is 488. The first-order valence-corrected chi connectivity index (χ1v) is 6.99. The van der Waals surface area contributed by atoms with Crippen molar-refractivity contribution in [2.45, 2.75) is 51.7 Å². The summed E-state index contributed by atoms with van der Waals surface area (Å²) < 4.78 is 7.17. The summed E-state index contributed by atoms with van der Waals surface area (Å²) in [5.41, 5.74) is 0.452. The van der Waals surface area contributed by atoms with Gasteiger partial charge in [-0.05, 0) is 39.3 Å². The average molecular weight is 296 g/mol. The van der Waals surface area contributed by atoms with Crippen molar-refractivity contribution in [2.24, 2.45) is 7.05 Å². The number of aromatic nitrogens is 1. The van der Waals surface area contributed by atoms with Gasteiger partial charge in [-0.1, -0.05) is 0 Å². The van der Waals surface area contributed by atoms with Gasteiger partial charge in [0.25, 0.3) is 0 Å². The number of aryl methyl sites for hydroxylation is 1. The van der Waals surface area contributed by atoms with Crippen LogP contribution in [0.5, 0.6) is 0 Å². The van der Waals surface area contributed by atoms with Crippen molar-refractivity contribution in [3.05, 3.63) is 24.0 Å². The van der Waals surface area contributed by atoms with E-state index in [0.717, 1.165) is 5.69 Å². The highest BCUT2D eigenvalue weighted by molar-refractivity contribution is 5.69. The van der Waals surface area contributed by atoms with Gasteiger partial charge >= 0.3 is 12.1 Å². The monoisotopic (exact) mass is 296 g/mol. The van der Waals surface area contributed by atoms with Gasteiger partial charge in [0.15, 0.2) is 0 Å². The zero-order chi connectivity index (χ0) is 16.0. The molecule has 118 valence electrons. The molecular formula is C15H24N2O4. The second-order valence-corrected chi connectivity index (χ2v) is 6.09. The number of rotatable bonds is 6. The predicted octanol–water partition coefficient (Wildman–Crippen LogP) is 2.33. The Hall–Kier alpha value is -1.98. The highest BCUT2D eigenvalue weighted by Crippen LogP contribution is 2.11. The fraction of sp³-hybridized carbons (Fsp3) is 0.600. The number of nitrogens with zero attached hydrogens (tertiary/aromatic N) is 1. The van der Waals surface area contributed by atoms with Crippen LogP contribution in [0.4, 0.5) is 4.79 Å². The molecule has 21 heavy (non-hydrogen) atoms. The summed E-state index contributed by atoms with van der Waals surface area (Å²) >= 11 is 0. The lowest BCUT2D eigenvalue weighted by Gasteiger charge is -2.23. The standard InChI is InChI=1S/C15H24N2O4/c1-15(2,3)21-14(20)16-11(7-8-13(18)19)10-12-6-5-9-17(12)4/h5-6,9,11H,7-8,10H2,1-4H3,(H,16,20)(H,18,19). The minimum Gasteiger partial charge on any atom is -0.481 e. The molecule has 1 amide bonds. The fourth-order valence-corrected chi connectivity index (χ4v) is 1.96. The van der Waals surface area contributed by atoms with Crippen molar-refractivity contribution in [3.8, 4) is 0 Å². The van der Waals surface area contributed by atoms with Crippen molar-refractivity contribution in [1.82, 2.24) is 9.88 Å². The lowest BCUT2D eigenvalue weighted by atomic mass is 10.1. The molecule has 0 bridgehead atoms. The van der Waals surface area contributed by atoms with Crippen LogP contribution in [0.15, 0.2) is 18.3 Å². The maximum absolute atomic E-state index is 11.8. The SMILES string of the molecule is Cn1cccc1CC(CCC(=O)O)NC(=O)OC(C)(C)C. The van der Waals surface area contributed by atoms with Crippen molar-refractivity contribution in [3.63, 3.8) is 0 Å². The number of alkyl carbamates (subject to hydrolysis) is 1. The summed E-state index contributed by atoms with van der Waals surface area (Å²) in [6.07, 6.45) is 2.32. The van der Waals surface area contributed by atoms with Gasteiger partial charge in [-0.15, -0.1) is 0 Å². The van der Waals surface area contributed by atoms with Crippen LogP contribution >= 0.6 is 0 Å². The summed E-state index contributed by atoms with van der Waals surface area (Å²) in [6, 6.07) is 3.59. The van der Waals surface area contributed by atoms with Crippen molar-refractivity contribution in [2.75, 3.05) is 0 Å². The van der Waals surface area contributed by atoms with Gasteiger partial charge < -0.3 is 19.7 Å². The first-order chi connectivity index (χ1) is 9.67. The average Bonchev–Trinajstić information content (AvgIpc) is 2.69. The number of amides is 1. The molecule has 0 saturated heterocycles. The zero-order valence-electron chi connectivity index (χ0n) is 13.0. The number of carboxylic acid groups (broad SMARTS) is 1. The first kappa shape index (κ1) is 17.1. The summed E-state index contributed by atoms with van der Waals surface area (Å²) in [4.78, 5) is 22.6. The molecule has 0 aliphatic carbocycles. The normalized spacial score (nSPS) is 12.8. The third-order valence-electron chi connectivity index (χ3n) is 2.93. The van der Waals surface area contributed by atoms with Crippen LogP contribution in [0.3, 0.4) is 0 Å². The third-order valence-corrected chi connectivity index (χ3v) is 2.93. The van der Waals surface area contributed by atoms with Gasteiger partial charge in [0, 0.05) is 37.8 Å². The van der Waals surface area contributed by atoms with Gasteiger partial charge in [-0.25, -0.2) is 4.79 Å². The van der Waals surface area contributed by atoms with Gasteiger partial charge in [0.2, 0.25) is 0 Å². The Morgan fingerprint density at radius 1 is 1.43 bits per heavy atom. The molecule has 2 N–H and O–H groups in total. The second kappa shape index (κ2) is 7.15. The van der Waals surface area contributed by atoms with Crippen LogP contribution in [0.25, 0.3) is 0 Å². The fourth-order valence-electron chi connectivity index (χ4n) is 1.96.